The molecule has 4 rings (SSSR count). The van der Waals surface area contributed by atoms with Gasteiger partial charge in [0.2, 0.25) is 0 Å². The Bertz CT molecular complexity index is 1490. The van der Waals surface area contributed by atoms with Crippen molar-refractivity contribution >= 4 is 16.9 Å². The molecule has 3 atom stereocenters. The maximum Gasteiger partial charge on any atom is 0.573 e. The van der Waals surface area contributed by atoms with Crippen LogP contribution >= 0.6 is 0 Å². The summed E-state index contributed by atoms with van der Waals surface area (Å²) in [6, 6.07) is 11.1. The second-order valence-corrected chi connectivity index (χ2v) is 11.6. The first-order valence-corrected chi connectivity index (χ1v) is 14.7. The molecule has 0 spiro atoms. The van der Waals surface area contributed by atoms with Crippen LogP contribution in [0.1, 0.15) is 71.4 Å². The second kappa shape index (κ2) is 12.8. The average molecular weight is 626 g/mol. The van der Waals surface area contributed by atoms with Crippen molar-refractivity contribution in [3.63, 3.8) is 0 Å². The minimum absolute atomic E-state index is 0.0116. The molecule has 1 saturated carbocycles. The summed E-state index contributed by atoms with van der Waals surface area (Å²) in [6.45, 7) is 10.0. The number of aromatic nitrogens is 1. The Labute approximate surface area is 252 Å². The van der Waals surface area contributed by atoms with Gasteiger partial charge >= 0.3 is 18.5 Å². The lowest BCUT2D eigenvalue weighted by Crippen LogP contribution is -2.51. The van der Waals surface area contributed by atoms with Crippen LogP contribution in [0.3, 0.4) is 0 Å². The van der Waals surface area contributed by atoms with Crippen molar-refractivity contribution in [1.29, 1.82) is 0 Å². The average Bonchev–Trinajstić information content (AvgIpc) is 3.46. The molecule has 0 saturated heterocycles. The standard InChI is InChI=1S/C33H37F6NO4/c1-6-8-9-10-21-11-14-24(27(17-21)44-33(37,38)39)26-18-22-12-13-23(19-25(22)40(26)20(3)4)42-28-15-16-29(43-30(41)7-2)31(28,5)32(34,35)36/h7,11-14,17-20,28-29H,2,6,8-10,15-16H2,1,3-5H3. The number of nitrogens with zero attached hydrogens (tertiary/aromatic N) is 1. The van der Waals surface area contributed by atoms with Gasteiger partial charge < -0.3 is 18.8 Å². The van der Waals surface area contributed by atoms with Crippen LogP contribution in [-0.4, -0.2) is 35.3 Å². The van der Waals surface area contributed by atoms with Crippen LogP contribution in [-0.2, 0) is 16.0 Å². The van der Waals surface area contributed by atoms with Crippen LogP contribution in [0, 0.1) is 5.41 Å². The van der Waals surface area contributed by atoms with Crippen LogP contribution in [0.25, 0.3) is 22.2 Å². The number of ether oxygens (including phenoxy) is 3. The van der Waals surface area contributed by atoms with Crippen molar-refractivity contribution in [2.75, 3.05) is 0 Å². The Balaban J connectivity index is 1.75. The fourth-order valence-corrected chi connectivity index (χ4v) is 5.95. The van der Waals surface area contributed by atoms with E-state index < -0.39 is 36.1 Å². The van der Waals surface area contributed by atoms with E-state index in [1.54, 1.807) is 30.3 Å². The highest BCUT2D eigenvalue weighted by atomic mass is 19.4. The minimum atomic E-state index is -4.91. The molecular weight excluding hydrogens is 588 g/mol. The predicted molar refractivity (Wildman–Crippen MR) is 156 cm³/mol. The molecule has 3 aromatic rings. The molecule has 1 aromatic heterocycles. The lowest BCUT2D eigenvalue weighted by atomic mass is 9.83. The van der Waals surface area contributed by atoms with E-state index in [0.717, 1.165) is 37.8 Å². The summed E-state index contributed by atoms with van der Waals surface area (Å²) in [6.07, 6.45) is -8.32. The third kappa shape index (κ3) is 6.86. The molecule has 1 aliphatic rings. The van der Waals surface area contributed by atoms with E-state index >= 15 is 0 Å². The number of esters is 1. The number of carbonyl (C=O) groups excluding carboxylic acids is 1. The summed E-state index contributed by atoms with van der Waals surface area (Å²) in [5.74, 6) is -1.12. The summed E-state index contributed by atoms with van der Waals surface area (Å²) in [7, 11) is 0. The van der Waals surface area contributed by atoms with E-state index in [9.17, 15) is 31.1 Å². The molecule has 1 fully saturated rings. The lowest BCUT2D eigenvalue weighted by Gasteiger charge is -2.37. The molecule has 2 aromatic carbocycles. The fraction of sp³-hybridized carbons (Fsp3) is 0.485. The normalized spacial score (nSPS) is 20.7. The summed E-state index contributed by atoms with van der Waals surface area (Å²) in [5.41, 5.74) is -0.483. The second-order valence-electron chi connectivity index (χ2n) is 11.6. The van der Waals surface area contributed by atoms with Gasteiger partial charge in [-0.3, -0.25) is 0 Å². The summed E-state index contributed by atoms with van der Waals surface area (Å²) in [5, 5.41) is 0.661. The zero-order valence-corrected chi connectivity index (χ0v) is 25.1. The van der Waals surface area contributed by atoms with Gasteiger partial charge in [-0.25, -0.2) is 4.79 Å². The summed E-state index contributed by atoms with van der Waals surface area (Å²) >= 11 is 0. The van der Waals surface area contributed by atoms with Crippen molar-refractivity contribution in [3.05, 3.63) is 60.7 Å². The van der Waals surface area contributed by atoms with Gasteiger partial charge in [-0.05, 0) is 82.3 Å². The molecule has 3 unspecified atom stereocenters. The molecule has 44 heavy (non-hydrogen) atoms. The number of aryl methyl sites for hydroxylation is 1. The first kappa shape index (κ1) is 33.3. The van der Waals surface area contributed by atoms with Crippen molar-refractivity contribution in [2.45, 2.75) is 97.0 Å². The number of rotatable bonds is 11. The van der Waals surface area contributed by atoms with E-state index in [4.69, 9.17) is 9.47 Å². The smallest absolute Gasteiger partial charge is 0.489 e. The minimum Gasteiger partial charge on any atom is -0.489 e. The number of hydrogen-bond acceptors (Lipinski definition) is 4. The van der Waals surface area contributed by atoms with Gasteiger partial charge in [0, 0.05) is 29.1 Å². The zero-order chi connectivity index (χ0) is 32.4. The number of benzene rings is 2. The van der Waals surface area contributed by atoms with E-state index in [-0.39, 0.29) is 35.9 Å². The number of fused-ring (bicyclic) bond motifs is 1. The van der Waals surface area contributed by atoms with E-state index in [0.29, 0.717) is 23.0 Å². The Morgan fingerprint density at radius 3 is 2.36 bits per heavy atom. The van der Waals surface area contributed by atoms with Crippen molar-refractivity contribution < 1.29 is 45.3 Å². The zero-order valence-electron chi connectivity index (χ0n) is 25.1. The van der Waals surface area contributed by atoms with Gasteiger partial charge in [0.15, 0.2) is 0 Å². The summed E-state index contributed by atoms with van der Waals surface area (Å²) < 4.78 is 101. The van der Waals surface area contributed by atoms with Crippen LogP contribution in [0.2, 0.25) is 0 Å². The van der Waals surface area contributed by atoms with Gasteiger partial charge in [0.1, 0.15) is 29.1 Å². The largest absolute Gasteiger partial charge is 0.573 e. The van der Waals surface area contributed by atoms with Gasteiger partial charge in [0.05, 0.1) is 11.2 Å². The first-order valence-electron chi connectivity index (χ1n) is 14.7. The molecule has 0 aliphatic heterocycles. The Morgan fingerprint density at radius 2 is 1.75 bits per heavy atom. The molecule has 11 heteroatoms. The van der Waals surface area contributed by atoms with Crippen LogP contribution in [0.5, 0.6) is 11.5 Å². The van der Waals surface area contributed by atoms with Crippen LogP contribution in [0.4, 0.5) is 26.3 Å². The Kier molecular flexibility index (Phi) is 9.66. The van der Waals surface area contributed by atoms with Crippen LogP contribution in [0.15, 0.2) is 55.1 Å². The SMILES string of the molecule is C=CC(=O)OC1CCC(Oc2ccc3cc(-c4ccc(CCCCC)cc4OC(F)(F)F)n(C(C)C)c3c2)C1(C)C(F)(F)F. The third-order valence-electron chi connectivity index (χ3n) is 8.29. The maximum atomic E-state index is 14.4. The van der Waals surface area contributed by atoms with Crippen molar-refractivity contribution in [2.24, 2.45) is 5.41 Å². The monoisotopic (exact) mass is 625 g/mol. The lowest BCUT2D eigenvalue weighted by molar-refractivity contribution is -0.274. The molecule has 0 N–H and O–H groups in total. The molecule has 5 nitrogen and oxygen atoms in total. The highest BCUT2D eigenvalue weighted by Gasteiger charge is 2.66. The number of unbranched alkanes of at least 4 members (excludes halogenated alkanes) is 2. The quantitative estimate of drug-likeness (QED) is 0.0922. The van der Waals surface area contributed by atoms with Gasteiger partial charge in [-0.2, -0.15) is 13.2 Å². The molecule has 0 amide bonds. The van der Waals surface area contributed by atoms with Gasteiger partial charge in [-0.1, -0.05) is 32.4 Å². The van der Waals surface area contributed by atoms with E-state index in [1.165, 1.54) is 12.1 Å². The molecule has 0 bridgehead atoms. The van der Waals surface area contributed by atoms with Crippen molar-refractivity contribution in [1.82, 2.24) is 4.57 Å². The maximum absolute atomic E-state index is 14.4. The van der Waals surface area contributed by atoms with Gasteiger partial charge in [0.25, 0.3) is 0 Å². The van der Waals surface area contributed by atoms with E-state index in [1.807, 2.05) is 25.3 Å². The molecule has 240 valence electrons. The Morgan fingerprint density at radius 1 is 1.05 bits per heavy atom. The first-order chi connectivity index (χ1) is 20.6. The number of carbonyl (C=O) groups is 1. The molecule has 0 radical (unpaired) electrons. The van der Waals surface area contributed by atoms with E-state index in [2.05, 4.69) is 11.3 Å². The third-order valence-corrected chi connectivity index (χ3v) is 8.29. The van der Waals surface area contributed by atoms with Crippen LogP contribution < -0.4 is 9.47 Å². The Hall–Kier alpha value is -3.63. The number of hydrogen-bond donors (Lipinski definition) is 0. The fourth-order valence-electron chi connectivity index (χ4n) is 5.95. The molecular formula is C33H37F6NO4. The number of alkyl halides is 6. The molecule has 1 heterocycles. The molecule has 1 aliphatic carbocycles. The highest BCUT2D eigenvalue weighted by Crippen LogP contribution is 2.53. The topological polar surface area (TPSA) is 49.7 Å². The predicted octanol–water partition coefficient (Wildman–Crippen LogP) is 9.73. The number of halogens is 6. The summed E-state index contributed by atoms with van der Waals surface area (Å²) in [4.78, 5) is 11.8. The highest BCUT2D eigenvalue weighted by molar-refractivity contribution is 5.89. The van der Waals surface area contributed by atoms with Gasteiger partial charge in [-0.15, -0.1) is 13.2 Å². The van der Waals surface area contributed by atoms with Crippen molar-refractivity contribution in [3.8, 4) is 22.8 Å².